The number of rotatable bonds is 11. The quantitative estimate of drug-likeness (QED) is 0.139. The van der Waals surface area contributed by atoms with Crippen molar-refractivity contribution in [3.8, 4) is 5.75 Å². The first-order valence-corrected chi connectivity index (χ1v) is 14.8. The number of fused-ring (bicyclic) bond motifs is 3. The molecule has 0 spiro atoms. The molecule has 6 aromatic rings. The minimum absolute atomic E-state index is 0.131. The number of hydrogen-bond acceptors (Lipinski definition) is 7. The number of aromatic nitrogens is 5. The molecule has 3 aromatic carbocycles. The Hall–Kier alpha value is -5.62. The van der Waals surface area contributed by atoms with Gasteiger partial charge in [0.05, 0.1) is 25.4 Å². The molecule has 7 rings (SSSR count). The number of nitrogens with zero attached hydrogens (tertiary/aromatic N) is 4. The second kappa shape index (κ2) is 11.8. The summed E-state index contributed by atoms with van der Waals surface area (Å²) in [5.74, 6) is -0.0143. The summed E-state index contributed by atoms with van der Waals surface area (Å²) in [7, 11) is 0. The maximum atomic E-state index is 12.8. The average Bonchev–Trinajstić information content (AvgIpc) is 3.80. The number of ether oxygens (including phenoxy) is 1. The number of phenols is 1. The van der Waals surface area contributed by atoms with E-state index in [4.69, 9.17) is 10.5 Å². The largest absolute Gasteiger partial charge is 0.508 e. The molecule has 0 fully saturated rings. The van der Waals surface area contributed by atoms with Crippen molar-refractivity contribution < 1.29 is 19.4 Å². The first-order valence-electron chi connectivity index (χ1n) is 14.8. The van der Waals surface area contributed by atoms with E-state index in [1.807, 2.05) is 30.6 Å². The van der Waals surface area contributed by atoms with Gasteiger partial charge in [0.25, 0.3) is 5.91 Å². The predicted molar refractivity (Wildman–Crippen MR) is 167 cm³/mol. The molecule has 0 aliphatic carbocycles. The molecule has 3 aromatic heterocycles. The second-order valence-corrected chi connectivity index (χ2v) is 11.2. The van der Waals surface area contributed by atoms with E-state index in [0.717, 1.165) is 49.9 Å². The zero-order valence-electron chi connectivity index (χ0n) is 24.4. The Balaban J connectivity index is 1.06. The van der Waals surface area contributed by atoms with Gasteiger partial charge in [0, 0.05) is 65.5 Å². The Morgan fingerprint density at radius 3 is 2.87 bits per heavy atom. The summed E-state index contributed by atoms with van der Waals surface area (Å²) in [6, 6.07) is 21.1. The Morgan fingerprint density at radius 1 is 1.09 bits per heavy atom. The van der Waals surface area contributed by atoms with E-state index in [1.165, 1.54) is 0 Å². The number of phenolic OH excluding ortho intramolecular Hbond substituents is 1. The molecule has 0 saturated carbocycles. The number of para-hydroxylation sites is 1. The normalized spacial score (nSPS) is 14.2. The zero-order chi connectivity index (χ0) is 30.9. The van der Waals surface area contributed by atoms with Crippen molar-refractivity contribution in [3.63, 3.8) is 0 Å². The summed E-state index contributed by atoms with van der Waals surface area (Å²) < 4.78 is 8.66. The molecule has 1 aliphatic rings. The molecule has 45 heavy (non-hydrogen) atoms. The van der Waals surface area contributed by atoms with Crippen molar-refractivity contribution in [1.82, 2.24) is 35.2 Å². The number of carbonyl (C=O) groups is 2. The van der Waals surface area contributed by atoms with Gasteiger partial charge in [-0.15, -0.1) is 5.10 Å². The van der Waals surface area contributed by atoms with Crippen molar-refractivity contribution >= 4 is 33.8 Å². The van der Waals surface area contributed by atoms with Crippen molar-refractivity contribution in [2.45, 2.75) is 38.6 Å². The molecule has 6 N–H and O–H groups in total. The van der Waals surface area contributed by atoms with Crippen LogP contribution in [0.25, 0.3) is 21.8 Å². The van der Waals surface area contributed by atoms with Gasteiger partial charge in [-0.2, -0.15) is 0 Å². The van der Waals surface area contributed by atoms with Crippen molar-refractivity contribution in [3.05, 3.63) is 113 Å². The maximum Gasteiger partial charge on any atom is 0.404 e. The molecular weight excluding hydrogens is 572 g/mol. The highest BCUT2D eigenvalue weighted by Gasteiger charge is 2.33. The van der Waals surface area contributed by atoms with E-state index in [-0.39, 0.29) is 24.3 Å². The van der Waals surface area contributed by atoms with Gasteiger partial charge < -0.3 is 35.8 Å². The number of benzene rings is 3. The number of aromatic hydroxyl groups is 1. The molecule has 12 nitrogen and oxygen atoms in total. The van der Waals surface area contributed by atoms with Crippen LogP contribution in [0.5, 0.6) is 5.75 Å². The lowest BCUT2D eigenvalue weighted by atomic mass is 9.95. The van der Waals surface area contributed by atoms with Crippen molar-refractivity contribution in [2.75, 3.05) is 6.61 Å². The molecule has 1 atom stereocenters. The topological polar surface area (TPSA) is 165 Å². The van der Waals surface area contributed by atoms with Gasteiger partial charge in [0.15, 0.2) is 0 Å². The lowest BCUT2D eigenvalue weighted by Gasteiger charge is -2.15. The van der Waals surface area contributed by atoms with Crippen LogP contribution in [-0.2, 0) is 30.9 Å². The van der Waals surface area contributed by atoms with Gasteiger partial charge in [0.2, 0.25) is 0 Å². The summed E-state index contributed by atoms with van der Waals surface area (Å²) in [5.41, 5.74) is 12.4. The standard InChI is InChI=1S/C33H32N8O4/c34-33(44)45-13-3-11-41-19-22(38-39-41)18-40-12-10-21-7-6-20(14-29(21)40)16-35-17-28-30(25-4-1-2-5-27(25)36-28)31-26-15-23(42)8-9-24(26)32(43)37-31/h1-2,4-10,12,14-15,19,31,35-36,42H,3,11,13,16-18H2,(H2,34,44)(H,37,43). The number of hydrogen-bond donors (Lipinski definition) is 5. The molecule has 1 unspecified atom stereocenters. The number of amides is 2. The van der Waals surface area contributed by atoms with Gasteiger partial charge in [-0.25, -0.2) is 4.79 Å². The third-order valence-corrected chi connectivity index (χ3v) is 8.15. The highest BCUT2D eigenvalue weighted by molar-refractivity contribution is 6.01. The molecule has 228 valence electrons. The van der Waals surface area contributed by atoms with Crippen LogP contribution in [0.2, 0.25) is 0 Å². The first kappa shape index (κ1) is 28.2. The third-order valence-electron chi connectivity index (χ3n) is 8.15. The Labute approximate surface area is 257 Å². The van der Waals surface area contributed by atoms with Crippen LogP contribution in [0.3, 0.4) is 0 Å². The average molecular weight is 605 g/mol. The molecule has 4 heterocycles. The van der Waals surface area contributed by atoms with Gasteiger partial charge in [-0.05, 0) is 52.9 Å². The fourth-order valence-electron chi connectivity index (χ4n) is 6.10. The van der Waals surface area contributed by atoms with Crippen LogP contribution >= 0.6 is 0 Å². The number of nitrogens with two attached hydrogens (primary N) is 1. The molecule has 1 aliphatic heterocycles. The van der Waals surface area contributed by atoms with E-state index in [0.29, 0.717) is 38.2 Å². The predicted octanol–water partition coefficient (Wildman–Crippen LogP) is 4.08. The summed E-state index contributed by atoms with van der Waals surface area (Å²) in [4.78, 5) is 27.1. The first-order chi connectivity index (χ1) is 21.9. The third kappa shape index (κ3) is 5.70. The van der Waals surface area contributed by atoms with Crippen LogP contribution in [0, 0.1) is 0 Å². The number of aromatic amines is 1. The minimum Gasteiger partial charge on any atom is -0.508 e. The van der Waals surface area contributed by atoms with Crippen LogP contribution < -0.4 is 16.4 Å². The van der Waals surface area contributed by atoms with Crippen LogP contribution in [0.4, 0.5) is 4.79 Å². The van der Waals surface area contributed by atoms with Crippen molar-refractivity contribution in [1.29, 1.82) is 0 Å². The number of carbonyl (C=O) groups excluding carboxylic acids is 2. The van der Waals surface area contributed by atoms with Gasteiger partial charge in [-0.1, -0.05) is 35.5 Å². The summed E-state index contributed by atoms with van der Waals surface area (Å²) in [5, 5.41) is 27.5. The highest BCUT2D eigenvalue weighted by atomic mass is 16.5. The number of H-pyrrole nitrogens is 1. The van der Waals surface area contributed by atoms with E-state index >= 15 is 0 Å². The molecule has 0 radical (unpaired) electrons. The summed E-state index contributed by atoms with van der Waals surface area (Å²) in [6.07, 6.45) is 3.76. The Kier molecular flexibility index (Phi) is 7.39. The fraction of sp³-hybridized carbons (Fsp3) is 0.212. The maximum absolute atomic E-state index is 12.8. The van der Waals surface area contributed by atoms with E-state index in [2.05, 4.69) is 60.8 Å². The number of aryl methyl sites for hydroxylation is 1. The SMILES string of the molecule is NC(=O)OCCCn1cc(Cn2ccc3ccc(CNCc4[nH]c5ccccc5c4C4NC(=O)c5ccc(O)cc54)cc32)nn1. The van der Waals surface area contributed by atoms with Crippen molar-refractivity contribution in [2.24, 2.45) is 5.73 Å². The van der Waals surface area contributed by atoms with Gasteiger partial charge in [0.1, 0.15) is 11.4 Å². The monoisotopic (exact) mass is 604 g/mol. The number of primary amides is 1. The number of nitrogens with one attached hydrogen (secondary N) is 3. The van der Waals surface area contributed by atoms with Crippen LogP contribution in [0.15, 0.2) is 79.1 Å². The van der Waals surface area contributed by atoms with Gasteiger partial charge in [-0.3, -0.25) is 9.48 Å². The minimum atomic E-state index is -0.780. The Bertz CT molecular complexity index is 2040. The lowest BCUT2D eigenvalue weighted by Crippen LogP contribution is -2.22. The molecular formula is C33H32N8O4. The molecule has 0 saturated heterocycles. The van der Waals surface area contributed by atoms with Crippen LogP contribution in [-0.4, -0.2) is 48.3 Å². The second-order valence-electron chi connectivity index (χ2n) is 11.2. The van der Waals surface area contributed by atoms with E-state index in [9.17, 15) is 14.7 Å². The van der Waals surface area contributed by atoms with Crippen LogP contribution in [0.1, 0.15) is 50.9 Å². The molecule has 0 bridgehead atoms. The van der Waals surface area contributed by atoms with E-state index in [1.54, 1.807) is 22.9 Å². The smallest absolute Gasteiger partial charge is 0.404 e. The summed E-state index contributed by atoms with van der Waals surface area (Å²) in [6.45, 7) is 2.56. The molecule has 12 heteroatoms. The summed E-state index contributed by atoms with van der Waals surface area (Å²) >= 11 is 0. The lowest BCUT2D eigenvalue weighted by molar-refractivity contribution is 0.0960. The Morgan fingerprint density at radius 2 is 1.98 bits per heavy atom. The molecule has 2 amide bonds. The van der Waals surface area contributed by atoms with E-state index < -0.39 is 6.09 Å². The fourth-order valence-corrected chi connectivity index (χ4v) is 6.10. The van der Waals surface area contributed by atoms with Gasteiger partial charge >= 0.3 is 6.09 Å². The highest BCUT2D eigenvalue weighted by Crippen LogP contribution is 2.38. The zero-order valence-corrected chi connectivity index (χ0v) is 24.4.